The molecule has 0 spiro atoms. The van der Waals surface area contributed by atoms with Crippen LogP contribution >= 0.6 is 0 Å². The molecule has 1 atom stereocenters. The lowest BCUT2D eigenvalue weighted by Crippen LogP contribution is -2.52. The van der Waals surface area contributed by atoms with Crippen LogP contribution in [0, 0.1) is 12.8 Å². The summed E-state index contributed by atoms with van der Waals surface area (Å²) in [7, 11) is 0. The molecule has 6 nitrogen and oxygen atoms in total. The van der Waals surface area contributed by atoms with Gasteiger partial charge in [-0.1, -0.05) is 29.8 Å². The lowest BCUT2D eigenvalue weighted by Gasteiger charge is -2.37. The number of rotatable bonds is 5. The van der Waals surface area contributed by atoms with E-state index in [0.29, 0.717) is 13.1 Å². The minimum atomic E-state index is -0.744. The number of carboxylic acids is 1. The molecular formula is C20H29N3O3. The maximum Gasteiger partial charge on any atom is 0.307 e. The predicted molar refractivity (Wildman–Crippen MR) is 99.8 cm³/mol. The van der Waals surface area contributed by atoms with Crippen molar-refractivity contribution in [2.24, 2.45) is 5.92 Å². The molecule has 0 aromatic heterocycles. The monoisotopic (exact) mass is 359 g/mol. The van der Waals surface area contributed by atoms with Crippen LogP contribution in [0.2, 0.25) is 0 Å². The fourth-order valence-electron chi connectivity index (χ4n) is 3.92. The second-order valence-electron chi connectivity index (χ2n) is 7.56. The van der Waals surface area contributed by atoms with Crippen molar-refractivity contribution in [1.29, 1.82) is 0 Å². The third kappa shape index (κ3) is 5.05. The molecule has 1 unspecified atom stereocenters. The predicted octanol–water partition coefficient (Wildman–Crippen LogP) is 1.44. The number of hydrogen-bond acceptors (Lipinski definition) is 4. The molecule has 0 radical (unpaired) electrons. The smallest absolute Gasteiger partial charge is 0.307 e. The van der Waals surface area contributed by atoms with Gasteiger partial charge in [0.2, 0.25) is 5.91 Å². The molecule has 2 heterocycles. The van der Waals surface area contributed by atoms with Crippen LogP contribution in [0.5, 0.6) is 0 Å². The number of aryl methyl sites for hydroxylation is 1. The van der Waals surface area contributed by atoms with E-state index < -0.39 is 5.97 Å². The van der Waals surface area contributed by atoms with Gasteiger partial charge in [-0.2, -0.15) is 0 Å². The van der Waals surface area contributed by atoms with E-state index >= 15 is 0 Å². The lowest BCUT2D eigenvalue weighted by molar-refractivity contribution is -0.145. The fraction of sp³-hybridized carbons (Fsp3) is 0.600. The van der Waals surface area contributed by atoms with E-state index in [4.69, 9.17) is 0 Å². The summed E-state index contributed by atoms with van der Waals surface area (Å²) in [5.74, 6) is -0.944. The summed E-state index contributed by atoms with van der Waals surface area (Å²) in [6, 6.07) is 8.57. The first-order valence-electron chi connectivity index (χ1n) is 9.52. The third-order valence-electron chi connectivity index (χ3n) is 5.43. The van der Waals surface area contributed by atoms with Gasteiger partial charge in [0.15, 0.2) is 0 Å². The molecular weight excluding hydrogens is 330 g/mol. The van der Waals surface area contributed by atoms with Gasteiger partial charge in [0.05, 0.1) is 12.5 Å². The van der Waals surface area contributed by atoms with E-state index in [-0.39, 0.29) is 11.8 Å². The number of piperazine rings is 1. The zero-order chi connectivity index (χ0) is 18.5. The summed E-state index contributed by atoms with van der Waals surface area (Å²) in [5, 5.41) is 9.18. The summed E-state index contributed by atoms with van der Waals surface area (Å²) >= 11 is 0. The molecule has 26 heavy (non-hydrogen) atoms. The number of nitrogens with zero attached hydrogens (tertiary/aromatic N) is 3. The zero-order valence-electron chi connectivity index (χ0n) is 15.6. The van der Waals surface area contributed by atoms with E-state index in [1.165, 1.54) is 11.1 Å². The molecule has 1 aromatic carbocycles. The Morgan fingerprint density at radius 3 is 2.58 bits per heavy atom. The van der Waals surface area contributed by atoms with Gasteiger partial charge in [0, 0.05) is 39.3 Å². The standard InChI is InChI=1S/C20H29N3O3/c1-16-4-2-5-17(12-16)13-21-8-10-23(11-9-21)19(24)15-22-7-3-6-18(14-22)20(25)26/h2,4-5,12,18H,3,6-11,13-15H2,1H3,(H,25,26). The number of hydrogen-bond donors (Lipinski definition) is 1. The van der Waals surface area contributed by atoms with Crippen LogP contribution in [-0.4, -0.2) is 77.5 Å². The van der Waals surface area contributed by atoms with E-state index in [1.807, 2.05) is 9.80 Å². The maximum absolute atomic E-state index is 12.6. The summed E-state index contributed by atoms with van der Waals surface area (Å²) in [5.41, 5.74) is 2.59. The number of carbonyl (C=O) groups is 2. The minimum Gasteiger partial charge on any atom is -0.481 e. The molecule has 142 valence electrons. The average molecular weight is 359 g/mol. The normalized spacial score (nSPS) is 22.3. The molecule has 0 bridgehead atoms. The van der Waals surface area contributed by atoms with Gasteiger partial charge in [-0.05, 0) is 31.9 Å². The fourth-order valence-corrected chi connectivity index (χ4v) is 3.92. The molecule has 1 amide bonds. The Bertz CT molecular complexity index is 641. The Balaban J connectivity index is 1.44. The quantitative estimate of drug-likeness (QED) is 0.862. The molecule has 2 fully saturated rings. The van der Waals surface area contributed by atoms with Crippen LogP contribution in [0.1, 0.15) is 24.0 Å². The van der Waals surface area contributed by atoms with Crippen molar-refractivity contribution < 1.29 is 14.7 Å². The second kappa shape index (κ2) is 8.64. The van der Waals surface area contributed by atoms with Gasteiger partial charge >= 0.3 is 5.97 Å². The highest BCUT2D eigenvalue weighted by atomic mass is 16.4. The van der Waals surface area contributed by atoms with Crippen molar-refractivity contribution in [2.45, 2.75) is 26.3 Å². The van der Waals surface area contributed by atoms with Crippen LogP contribution in [0.15, 0.2) is 24.3 Å². The summed E-state index contributed by atoms with van der Waals surface area (Å²) in [4.78, 5) is 30.1. The Morgan fingerprint density at radius 2 is 1.88 bits per heavy atom. The first-order valence-corrected chi connectivity index (χ1v) is 9.52. The SMILES string of the molecule is Cc1cccc(CN2CCN(C(=O)CN3CCCC(C(=O)O)C3)CC2)c1. The third-order valence-corrected chi connectivity index (χ3v) is 5.43. The molecule has 2 aliphatic heterocycles. The molecule has 2 saturated heterocycles. The molecule has 2 aliphatic rings. The van der Waals surface area contributed by atoms with Crippen molar-refractivity contribution >= 4 is 11.9 Å². The number of likely N-dealkylation sites (tertiary alicyclic amines) is 1. The number of piperidine rings is 1. The zero-order valence-corrected chi connectivity index (χ0v) is 15.6. The topological polar surface area (TPSA) is 64.1 Å². The number of amides is 1. The van der Waals surface area contributed by atoms with Crippen molar-refractivity contribution in [3.63, 3.8) is 0 Å². The highest BCUT2D eigenvalue weighted by Gasteiger charge is 2.28. The number of aliphatic carboxylic acids is 1. The van der Waals surface area contributed by atoms with Crippen LogP contribution in [-0.2, 0) is 16.1 Å². The van der Waals surface area contributed by atoms with Crippen LogP contribution in [0.25, 0.3) is 0 Å². The Morgan fingerprint density at radius 1 is 1.12 bits per heavy atom. The van der Waals surface area contributed by atoms with Gasteiger partial charge in [-0.3, -0.25) is 19.4 Å². The van der Waals surface area contributed by atoms with Crippen molar-refractivity contribution in [3.05, 3.63) is 35.4 Å². The maximum atomic E-state index is 12.6. The molecule has 0 saturated carbocycles. The van der Waals surface area contributed by atoms with E-state index in [9.17, 15) is 14.7 Å². The minimum absolute atomic E-state index is 0.131. The molecule has 1 aromatic rings. The first-order chi connectivity index (χ1) is 12.5. The van der Waals surface area contributed by atoms with E-state index in [2.05, 4.69) is 36.1 Å². The Kier molecular flexibility index (Phi) is 6.27. The van der Waals surface area contributed by atoms with Crippen molar-refractivity contribution in [1.82, 2.24) is 14.7 Å². The van der Waals surface area contributed by atoms with Gasteiger partial charge < -0.3 is 10.0 Å². The summed E-state index contributed by atoms with van der Waals surface area (Å²) < 4.78 is 0. The Hall–Kier alpha value is -1.92. The highest BCUT2D eigenvalue weighted by molar-refractivity contribution is 5.78. The van der Waals surface area contributed by atoms with E-state index in [0.717, 1.165) is 52.1 Å². The van der Waals surface area contributed by atoms with Crippen LogP contribution in [0.4, 0.5) is 0 Å². The van der Waals surface area contributed by atoms with Gasteiger partial charge in [0.1, 0.15) is 0 Å². The molecule has 6 heteroatoms. The van der Waals surface area contributed by atoms with Crippen molar-refractivity contribution in [2.75, 3.05) is 45.8 Å². The largest absolute Gasteiger partial charge is 0.481 e. The highest BCUT2D eigenvalue weighted by Crippen LogP contribution is 2.17. The van der Waals surface area contributed by atoms with Gasteiger partial charge in [0.25, 0.3) is 0 Å². The van der Waals surface area contributed by atoms with Crippen molar-refractivity contribution in [3.8, 4) is 0 Å². The second-order valence-corrected chi connectivity index (χ2v) is 7.56. The number of carbonyl (C=O) groups excluding carboxylic acids is 1. The van der Waals surface area contributed by atoms with Crippen LogP contribution in [0.3, 0.4) is 0 Å². The molecule has 3 rings (SSSR count). The molecule has 1 N–H and O–H groups in total. The van der Waals surface area contributed by atoms with Gasteiger partial charge in [-0.15, -0.1) is 0 Å². The van der Waals surface area contributed by atoms with E-state index in [1.54, 1.807) is 0 Å². The first kappa shape index (κ1) is 18.9. The average Bonchev–Trinajstić information content (AvgIpc) is 2.62. The van der Waals surface area contributed by atoms with Crippen LogP contribution < -0.4 is 0 Å². The van der Waals surface area contributed by atoms with Gasteiger partial charge in [-0.25, -0.2) is 0 Å². The summed E-state index contributed by atoms with van der Waals surface area (Å²) in [6.07, 6.45) is 1.58. The number of carboxylic acid groups (broad SMARTS) is 1. The molecule has 0 aliphatic carbocycles. The lowest BCUT2D eigenvalue weighted by atomic mass is 9.98. The Labute approximate surface area is 155 Å². The number of benzene rings is 1. The summed E-state index contributed by atoms with van der Waals surface area (Å²) in [6.45, 7) is 7.97.